The summed E-state index contributed by atoms with van der Waals surface area (Å²) in [6.45, 7) is 0.529. The van der Waals surface area contributed by atoms with E-state index >= 15 is 0 Å². The minimum Gasteiger partial charge on any atom is -0.493 e. The van der Waals surface area contributed by atoms with Gasteiger partial charge in [-0.05, 0) is 73.4 Å². The topological polar surface area (TPSA) is 82.9 Å². The van der Waals surface area contributed by atoms with Gasteiger partial charge in [-0.2, -0.15) is 5.10 Å². The van der Waals surface area contributed by atoms with E-state index in [1.54, 1.807) is 37.3 Å². The molecule has 0 atom stereocenters. The number of fused-ring (bicyclic) bond motifs is 2. The molecule has 8 heteroatoms. The number of amides is 1. The summed E-state index contributed by atoms with van der Waals surface area (Å²) in [5.74, 6) is 0.702. The number of rotatable bonds is 5. The van der Waals surface area contributed by atoms with Crippen molar-refractivity contribution in [2.24, 2.45) is 0 Å². The van der Waals surface area contributed by atoms with Crippen LogP contribution in [-0.4, -0.2) is 49.5 Å². The number of esters is 1. The minimum atomic E-state index is -0.389. The Morgan fingerprint density at radius 1 is 0.944 bits per heavy atom. The number of allylic oxidation sites excluding steroid dienone is 3. The number of anilines is 1. The lowest BCUT2D eigenvalue weighted by molar-refractivity contribution is 0.0600. The van der Waals surface area contributed by atoms with Crippen molar-refractivity contribution in [3.05, 3.63) is 88.8 Å². The van der Waals surface area contributed by atoms with Gasteiger partial charge in [-0.3, -0.25) is 4.79 Å². The quantitative estimate of drug-likeness (QED) is 0.502. The lowest BCUT2D eigenvalue weighted by Crippen LogP contribution is -2.29. The molecule has 2 aliphatic heterocycles. The van der Waals surface area contributed by atoms with Crippen molar-refractivity contribution in [1.82, 2.24) is 9.78 Å². The van der Waals surface area contributed by atoms with E-state index in [2.05, 4.69) is 6.08 Å². The summed E-state index contributed by atoms with van der Waals surface area (Å²) < 4.78 is 17.5. The Balaban J connectivity index is 1.49. The Labute approximate surface area is 209 Å². The SMILES string of the molecule is COC(=O)c1ccc2c(c1)CCN2C(=O)c1cc2n(n1)/C(c1ccc(OC)c(OC)c1)=C\C=C/CC2. The van der Waals surface area contributed by atoms with E-state index in [1.165, 1.54) is 7.11 Å². The number of aromatic nitrogens is 2. The number of hydrogen-bond acceptors (Lipinski definition) is 6. The lowest BCUT2D eigenvalue weighted by Gasteiger charge is -2.16. The van der Waals surface area contributed by atoms with Crippen LogP contribution in [0.5, 0.6) is 11.5 Å². The van der Waals surface area contributed by atoms with E-state index in [0.29, 0.717) is 35.7 Å². The largest absolute Gasteiger partial charge is 0.493 e. The first-order valence-corrected chi connectivity index (χ1v) is 11.8. The van der Waals surface area contributed by atoms with Gasteiger partial charge in [-0.15, -0.1) is 0 Å². The average molecular weight is 486 g/mol. The zero-order valence-corrected chi connectivity index (χ0v) is 20.5. The van der Waals surface area contributed by atoms with Crippen LogP contribution in [0.4, 0.5) is 5.69 Å². The third-order valence-corrected chi connectivity index (χ3v) is 6.51. The Hall–Kier alpha value is -4.33. The zero-order valence-electron chi connectivity index (χ0n) is 20.5. The van der Waals surface area contributed by atoms with Gasteiger partial charge in [-0.1, -0.05) is 12.2 Å². The summed E-state index contributed by atoms with van der Waals surface area (Å²) in [6, 6.07) is 12.9. The second-order valence-corrected chi connectivity index (χ2v) is 8.56. The number of carbonyl (C=O) groups excluding carboxylic acids is 2. The molecule has 0 radical (unpaired) electrons. The first-order chi connectivity index (χ1) is 17.5. The summed E-state index contributed by atoms with van der Waals surface area (Å²) in [5, 5.41) is 4.76. The van der Waals surface area contributed by atoms with Crippen molar-refractivity contribution in [3.8, 4) is 11.5 Å². The molecule has 0 aliphatic carbocycles. The molecular weight excluding hydrogens is 458 g/mol. The molecule has 1 aromatic heterocycles. The van der Waals surface area contributed by atoms with Gasteiger partial charge in [-0.25, -0.2) is 9.48 Å². The van der Waals surface area contributed by atoms with Crippen LogP contribution in [0, 0.1) is 0 Å². The minimum absolute atomic E-state index is 0.168. The fourth-order valence-corrected chi connectivity index (χ4v) is 4.68. The predicted molar refractivity (Wildman–Crippen MR) is 136 cm³/mol. The average Bonchev–Trinajstić information content (AvgIpc) is 3.51. The van der Waals surface area contributed by atoms with Gasteiger partial charge in [0.2, 0.25) is 0 Å². The molecule has 3 aromatic rings. The third kappa shape index (κ3) is 4.15. The number of ether oxygens (including phenoxy) is 3. The monoisotopic (exact) mass is 485 g/mol. The molecule has 1 amide bonds. The van der Waals surface area contributed by atoms with E-state index in [9.17, 15) is 9.59 Å². The maximum atomic E-state index is 13.6. The Kier molecular flexibility index (Phi) is 6.33. The fourth-order valence-electron chi connectivity index (χ4n) is 4.68. The normalized spacial score (nSPS) is 16.6. The van der Waals surface area contributed by atoms with Crippen molar-refractivity contribution in [2.45, 2.75) is 19.3 Å². The van der Waals surface area contributed by atoms with E-state index in [4.69, 9.17) is 19.3 Å². The van der Waals surface area contributed by atoms with Crippen molar-refractivity contribution >= 4 is 23.3 Å². The summed E-state index contributed by atoms with van der Waals surface area (Å²) in [5.41, 5.74) is 5.28. The summed E-state index contributed by atoms with van der Waals surface area (Å²) in [6.07, 6.45) is 8.37. The van der Waals surface area contributed by atoms with E-state index in [1.807, 2.05) is 41.1 Å². The molecule has 2 aliphatic rings. The van der Waals surface area contributed by atoms with E-state index in [-0.39, 0.29) is 11.9 Å². The molecule has 0 N–H and O–H groups in total. The fraction of sp³-hybridized carbons (Fsp3) is 0.250. The molecule has 2 aromatic carbocycles. The Morgan fingerprint density at radius 2 is 1.78 bits per heavy atom. The molecule has 0 fully saturated rings. The summed E-state index contributed by atoms with van der Waals surface area (Å²) >= 11 is 0. The first kappa shape index (κ1) is 23.4. The second-order valence-electron chi connectivity index (χ2n) is 8.56. The Morgan fingerprint density at radius 3 is 2.56 bits per heavy atom. The first-order valence-electron chi connectivity index (χ1n) is 11.8. The van der Waals surface area contributed by atoms with Crippen LogP contribution in [0.25, 0.3) is 5.70 Å². The standard InChI is InChI=1S/C28H27N3O5/c1-34-25-12-10-18(16-26(25)35-2)24-8-6-4-5-7-21-17-22(29-31(21)24)27(32)30-14-13-19-15-20(28(33)36-3)9-11-23(19)30/h4,6,8-12,15-17H,5,7,13-14H2,1-3H3/b6-4-,24-8-. The van der Waals surface area contributed by atoms with Crippen LogP contribution in [0.1, 0.15) is 44.1 Å². The van der Waals surface area contributed by atoms with Gasteiger partial charge in [0.05, 0.1) is 32.6 Å². The molecule has 3 heterocycles. The summed E-state index contributed by atoms with van der Waals surface area (Å²) in [7, 11) is 4.56. The third-order valence-electron chi connectivity index (χ3n) is 6.51. The number of hydrogen-bond donors (Lipinski definition) is 0. The molecule has 0 saturated carbocycles. The maximum Gasteiger partial charge on any atom is 0.337 e. The number of nitrogens with zero attached hydrogens (tertiary/aromatic N) is 3. The van der Waals surface area contributed by atoms with Crippen molar-refractivity contribution in [2.75, 3.05) is 32.8 Å². The molecule has 8 nitrogen and oxygen atoms in total. The van der Waals surface area contributed by atoms with Gasteiger partial charge >= 0.3 is 5.97 Å². The summed E-state index contributed by atoms with van der Waals surface area (Å²) in [4.78, 5) is 27.2. The number of benzene rings is 2. The molecule has 36 heavy (non-hydrogen) atoms. The molecule has 184 valence electrons. The van der Waals surface area contributed by atoms with Crippen LogP contribution >= 0.6 is 0 Å². The van der Waals surface area contributed by atoms with Crippen LogP contribution < -0.4 is 14.4 Å². The second kappa shape index (κ2) is 9.73. The van der Waals surface area contributed by atoms with Crippen LogP contribution in [0.2, 0.25) is 0 Å². The molecule has 0 bridgehead atoms. The van der Waals surface area contributed by atoms with Gasteiger partial charge < -0.3 is 19.1 Å². The number of aryl methyl sites for hydroxylation is 1. The zero-order chi connectivity index (χ0) is 25.2. The predicted octanol–water partition coefficient (Wildman–Crippen LogP) is 4.28. The van der Waals surface area contributed by atoms with Gasteiger partial charge in [0.15, 0.2) is 17.2 Å². The van der Waals surface area contributed by atoms with Gasteiger partial charge in [0.1, 0.15) is 0 Å². The van der Waals surface area contributed by atoms with Crippen LogP contribution in [0.3, 0.4) is 0 Å². The lowest BCUT2D eigenvalue weighted by atomic mass is 10.1. The Bertz CT molecular complexity index is 1400. The number of carbonyl (C=O) groups is 2. The van der Waals surface area contributed by atoms with E-state index in [0.717, 1.165) is 41.0 Å². The van der Waals surface area contributed by atoms with Gasteiger partial charge in [0, 0.05) is 23.5 Å². The number of methoxy groups -OCH3 is 3. The molecular formula is C28H27N3O5. The van der Waals surface area contributed by atoms with Gasteiger partial charge in [0.25, 0.3) is 5.91 Å². The van der Waals surface area contributed by atoms with Crippen molar-refractivity contribution in [3.63, 3.8) is 0 Å². The van der Waals surface area contributed by atoms with Crippen molar-refractivity contribution in [1.29, 1.82) is 0 Å². The van der Waals surface area contributed by atoms with Crippen LogP contribution in [-0.2, 0) is 17.6 Å². The van der Waals surface area contributed by atoms with E-state index < -0.39 is 0 Å². The highest BCUT2D eigenvalue weighted by atomic mass is 16.5. The maximum absolute atomic E-state index is 13.6. The molecule has 0 saturated heterocycles. The van der Waals surface area contributed by atoms with Crippen molar-refractivity contribution < 1.29 is 23.8 Å². The highest BCUT2D eigenvalue weighted by Gasteiger charge is 2.29. The molecule has 0 unspecified atom stereocenters. The highest BCUT2D eigenvalue weighted by molar-refractivity contribution is 6.06. The van der Waals surface area contributed by atoms with Crippen LogP contribution in [0.15, 0.2) is 60.7 Å². The molecule has 0 spiro atoms. The molecule has 5 rings (SSSR count). The smallest absolute Gasteiger partial charge is 0.337 e. The highest BCUT2D eigenvalue weighted by Crippen LogP contribution is 2.33.